The van der Waals surface area contributed by atoms with Crippen LogP contribution in [0, 0.1) is 11.2 Å². The van der Waals surface area contributed by atoms with Crippen molar-refractivity contribution < 1.29 is 9.18 Å². The monoisotopic (exact) mass is 319 g/mol. The molecule has 0 spiro atoms. The van der Waals surface area contributed by atoms with Gasteiger partial charge in [0.2, 0.25) is 0 Å². The lowest BCUT2D eigenvalue weighted by Crippen LogP contribution is -2.54. The van der Waals surface area contributed by atoms with Crippen molar-refractivity contribution in [3.8, 4) is 0 Å². The van der Waals surface area contributed by atoms with Gasteiger partial charge in [-0.2, -0.15) is 0 Å². The van der Waals surface area contributed by atoms with E-state index >= 15 is 0 Å². The van der Waals surface area contributed by atoms with Gasteiger partial charge in [-0.1, -0.05) is 13.8 Å². The number of nitrogens with zero attached hydrogens (tertiary/aromatic N) is 2. The summed E-state index contributed by atoms with van der Waals surface area (Å²) >= 11 is 0. The molecule has 3 rings (SSSR count). The molecule has 2 fully saturated rings. The van der Waals surface area contributed by atoms with Crippen LogP contribution in [-0.4, -0.2) is 43.0 Å². The maximum absolute atomic E-state index is 14.4. The van der Waals surface area contributed by atoms with E-state index in [1.54, 1.807) is 17.0 Å². The van der Waals surface area contributed by atoms with E-state index in [1.807, 2.05) is 4.90 Å². The summed E-state index contributed by atoms with van der Waals surface area (Å²) in [4.78, 5) is 16.5. The molecule has 1 amide bonds. The van der Waals surface area contributed by atoms with Crippen LogP contribution in [0.5, 0.6) is 0 Å². The Hall–Kier alpha value is -1.62. The number of likely N-dealkylation sites (tertiary alicyclic amines) is 1. The molecular formula is C18H26FN3O. The van der Waals surface area contributed by atoms with Crippen molar-refractivity contribution in [1.29, 1.82) is 0 Å². The molecule has 2 saturated heterocycles. The molecule has 1 aromatic rings. The van der Waals surface area contributed by atoms with Crippen LogP contribution in [0.4, 0.5) is 10.1 Å². The number of rotatable bonds is 2. The van der Waals surface area contributed by atoms with Crippen molar-refractivity contribution in [2.45, 2.75) is 39.2 Å². The quantitative estimate of drug-likeness (QED) is 0.911. The Morgan fingerprint density at radius 1 is 1.26 bits per heavy atom. The van der Waals surface area contributed by atoms with Gasteiger partial charge in [-0.15, -0.1) is 0 Å². The molecule has 4 nitrogen and oxygen atoms in total. The predicted molar refractivity (Wildman–Crippen MR) is 90.1 cm³/mol. The third-order valence-corrected chi connectivity index (χ3v) is 5.24. The van der Waals surface area contributed by atoms with Crippen molar-refractivity contribution in [3.05, 3.63) is 29.6 Å². The maximum Gasteiger partial charge on any atom is 0.253 e. The maximum atomic E-state index is 14.4. The lowest BCUT2D eigenvalue weighted by molar-refractivity contribution is 0.0532. The number of nitrogens with two attached hydrogens (primary N) is 1. The van der Waals surface area contributed by atoms with Gasteiger partial charge in [0, 0.05) is 37.8 Å². The molecule has 2 heterocycles. The highest BCUT2D eigenvalue weighted by Crippen LogP contribution is 2.29. The fraction of sp³-hybridized carbons (Fsp3) is 0.611. The molecule has 1 aromatic carbocycles. The summed E-state index contributed by atoms with van der Waals surface area (Å²) in [6, 6.07) is 4.98. The van der Waals surface area contributed by atoms with Crippen LogP contribution in [0.25, 0.3) is 0 Å². The largest absolute Gasteiger partial charge is 0.369 e. The van der Waals surface area contributed by atoms with Gasteiger partial charge in [0.05, 0.1) is 5.69 Å². The van der Waals surface area contributed by atoms with Crippen LogP contribution >= 0.6 is 0 Å². The van der Waals surface area contributed by atoms with E-state index in [1.165, 1.54) is 6.07 Å². The van der Waals surface area contributed by atoms with Crippen LogP contribution in [0.1, 0.15) is 43.5 Å². The first-order valence-electron chi connectivity index (χ1n) is 8.48. The van der Waals surface area contributed by atoms with Crippen LogP contribution in [0.2, 0.25) is 0 Å². The highest BCUT2D eigenvalue weighted by atomic mass is 19.1. The van der Waals surface area contributed by atoms with Gasteiger partial charge < -0.3 is 15.5 Å². The van der Waals surface area contributed by atoms with Gasteiger partial charge in [-0.25, -0.2) is 4.39 Å². The zero-order valence-electron chi connectivity index (χ0n) is 14.0. The lowest BCUT2D eigenvalue weighted by atomic mass is 9.79. The van der Waals surface area contributed by atoms with E-state index in [9.17, 15) is 9.18 Å². The fourth-order valence-corrected chi connectivity index (χ4v) is 3.58. The fourth-order valence-electron chi connectivity index (χ4n) is 3.58. The van der Waals surface area contributed by atoms with Crippen LogP contribution in [0.15, 0.2) is 18.2 Å². The van der Waals surface area contributed by atoms with Gasteiger partial charge >= 0.3 is 0 Å². The van der Waals surface area contributed by atoms with Crippen molar-refractivity contribution >= 4 is 11.6 Å². The minimum absolute atomic E-state index is 0.0980. The first kappa shape index (κ1) is 16.2. The molecule has 2 aliphatic rings. The molecule has 0 saturated carbocycles. The molecule has 5 heteroatoms. The summed E-state index contributed by atoms with van der Waals surface area (Å²) in [6.07, 6.45) is 2.99. The zero-order valence-corrected chi connectivity index (χ0v) is 14.0. The smallest absolute Gasteiger partial charge is 0.253 e. The number of hydrogen-bond acceptors (Lipinski definition) is 3. The van der Waals surface area contributed by atoms with E-state index in [4.69, 9.17) is 5.73 Å². The van der Waals surface area contributed by atoms with Gasteiger partial charge in [0.25, 0.3) is 5.91 Å². The lowest BCUT2D eigenvalue weighted by Gasteiger charge is -2.42. The number of carbonyl (C=O) groups excluding carboxylic acids is 1. The van der Waals surface area contributed by atoms with E-state index in [-0.39, 0.29) is 23.2 Å². The number of carbonyl (C=O) groups is 1. The summed E-state index contributed by atoms with van der Waals surface area (Å²) in [5.41, 5.74) is 7.05. The summed E-state index contributed by atoms with van der Waals surface area (Å²) in [6.45, 7) is 7.19. The van der Waals surface area contributed by atoms with Crippen LogP contribution in [-0.2, 0) is 0 Å². The molecule has 0 aliphatic carbocycles. The molecular weight excluding hydrogens is 293 g/mol. The number of piperidine rings is 1. The Balaban J connectivity index is 1.76. The Morgan fingerprint density at radius 3 is 2.57 bits per heavy atom. The molecule has 126 valence electrons. The van der Waals surface area contributed by atoms with Crippen LogP contribution < -0.4 is 10.6 Å². The highest BCUT2D eigenvalue weighted by molar-refractivity contribution is 5.94. The van der Waals surface area contributed by atoms with E-state index in [0.717, 1.165) is 32.4 Å². The Morgan fingerprint density at radius 2 is 1.96 bits per heavy atom. The number of halogens is 1. The zero-order chi connectivity index (χ0) is 16.6. The normalized spacial score (nSPS) is 24.1. The third-order valence-electron chi connectivity index (χ3n) is 5.24. The summed E-state index contributed by atoms with van der Waals surface area (Å²) in [7, 11) is 0. The molecule has 1 atom stereocenters. The van der Waals surface area contributed by atoms with Gasteiger partial charge in [-0.3, -0.25) is 4.79 Å². The molecule has 2 N–H and O–H groups in total. The van der Waals surface area contributed by atoms with Crippen molar-refractivity contribution in [3.63, 3.8) is 0 Å². The second-order valence-electron chi connectivity index (χ2n) is 7.47. The Bertz CT molecular complexity index is 596. The first-order chi connectivity index (χ1) is 10.9. The molecule has 0 aromatic heterocycles. The number of benzene rings is 1. The number of anilines is 1. The molecule has 0 bridgehead atoms. The number of hydrogen-bond donors (Lipinski definition) is 1. The summed E-state index contributed by atoms with van der Waals surface area (Å²) in [5.74, 6) is -0.400. The molecule has 1 unspecified atom stereocenters. The van der Waals surface area contributed by atoms with Crippen molar-refractivity contribution in [2.24, 2.45) is 11.1 Å². The minimum atomic E-state index is -0.300. The molecule has 23 heavy (non-hydrogen) atoms. The second kappa shape index (κ2) is 6.11. The Kier molecular flexibility index (Phi) is 4.32. The van der Waals surface area contributed by atoms with Crippen molar-refractivity contribution in [2.75, 3.05) is 31.1 Å². The average Bonchev–Trinajstić information content (AvgIpc) is 3.03. The van der Waals surface area contributed by atoms with E-state index < -0.39 is 0 Å². The second-order valence-corrected chi connectivity index (χ2v) is 7.47. The highest BCUT2D eigenvalue weighted by Gasteiger charge is 2.35. The van der Waals surface area contributed by atoms with E-state index in [2.05, 4.69) is 13.8 Å². The summed E-state index contributed by atoms with van der Waals surface area (Å²) < 4.78 is 14.4. The SMILES string of the molecule is CC1(C)CN(C(=O)c2ccc(N3CCCC3)c(F)c2)CCC1N. The minimum Gasteiger partial charge on any atom is -0.369 e. The van der Waals surface area contributed by atoms with Crippen molar-refractivity contribution in [1.82, 2.24) is 4.90 Å². The van der Waals surface area contributed by atoms with E-state index in [0.29, 0.717) is 24.3 Å². The number of amides is 1. The average molecular weight is 319 g/mol. The third kappa shape index (κ3) is 3.20. The van der Waals surface area contributed by atoms with Gasteiger partial charge in [0.1, 0.15) is 5.82 Å². The first-order valence-corrected chi connectivity index (χ1v) is 8.48. The van der Waals surface area contributed by atoms with Gasteiger partial charge in [0.15, 0.2) is 0 Å². The molecule has 0 radical (unpaired) electrons. The predicted octanol–water partition coefficient (Wildman–Crippen LogP) is 2.63. The molecule has 2 aliphatic heterocycles. The van der Waals surface area contributed by atoms with Crippen LogP contribution in [0.3, 0.4) is 0 Å². The standard InChI is InChI=1S/C18H26FN3O/c1-18(2)12-22(10-7-16(18)20)17(23)13-5-6-15(14(19)11-13)21-8-3-4-9-21/h5-6,11,16H,3-4,7-10,12,20H2,1-2H3. The Labute approximate surface area is 137 Å². The topological polar surface area (TPSA) is 49.6 Å². The summed E-state index contributed by atoms with van der Waals surface area (Å²) in [5, 5.41) is 0. The van der Waals surface area contributed by atoms with Gasteiger partial charge in [-0.05, 0) is 42.9 Å².